The van der Waals surface area contributed by atoms with Crippen LogP contribution in [0.1, 0.15) is 53.0 Å². The number of carbonyl (C=O) groups is 2. The molecular formula is C24H29N3O3. The summed E-state index contributed by atoms with van der Waals surface area (Å²) in [6, 6.07) is 14.1. The summed E-state index contributed by atoms with van der Waals surface area (Å²) in [7, 11) is 0. The number of fused-ring (bicyclic) bond motifs is 1. The van der Waals surface area contributed by atoms with Crippen LogP contribution in [0.25, 0.3) is 0 Å². The highest BCUT2D eigenvalue weighted by molar-refractivity contribution is 5.99. The highest BCUT2D eigenvalue weighted by atomic mass is 16.6. The van der Waals surface area contributed by atoms with Gasteiger partial charge in [0.1, 0.15) is 6.17 Å². The molecule has 4 rings (SSSR count). The van der Waals surface area contributed by atoms with Gasteiger partial charge in [0, 0.05) is 35.9 Å². The van der Waals surface area contributed by atoms with Crippen molar-refractivity contribution in [2.75, 3.05) is 25.0 Å². The van der Waals surface area contributed by atoms with Crippen LogP contribution in [-0.2, 0) is 4.74 Å². The number of para-hydroxylation sites is 1. The van der Waals surface area contributed by atoms with Crippen LogP contribution in [0, 0.1) is 13.8 Å². The number of likely N-dealkylation sites (tertiary alicyclic amines) is 1. The van der Waals surface area contributed by atoms with E-state index in [9.17, 15) is 9.59 Å². The molecule has 0 bridgehead atoms. The summed E-state index contributed by atoms with van der Waals surface area (Å²) < 4.78 is 5.13. The number of carbonyl (C=O) groups excluding carboxylic acids is 2. The first-order chi connectivity index (χ1) is 14.5. The molecule has 0 aliphatic carbocycles. The van der Waals surface area contributed by atoms with E-state index in [0.29, 0.717) is 19.7 Å². The molecule has 6 heteroatoms. The van der Waals surface area contributed by atoms with Crippen LogP contribution >= 0.6 is 0 Å². The van der Waals surface area contributed by atoms with Crippen LogP contribution in [-0.4, -0.2) is 47.5 Å². The smallest absolute Gasteiger partial charge is 0.409 e. The minimum absolute atomic E-state index is 0.0592. The standard InChI is InChI=1S/C24H29N3O3/c1-4-30-24(29)26-14-12-18(13-15-26)27-22(19-10-5-6-11-20(19)23(27)28)25-21-16(2)8-7-9-17(21)3/h5-11,18,22,25H,4,12-15H2,1-3H3/t22-/m1/s1. The molecule has 2 heterocycles. The number of anilines is 1. The molecule has 2 aliphatic heterocycles. The van der Waals surface area contributed by atoms with E-state index in [1.165, 1.54) is 0 Å². The molecule has 1 atom stereocenters. The Balaban J connectivity index is 1.60. The second-order valence-electron chi connectivity index (χ2n) is 8.03. The van der Waals surface area contributed by atoms with Crippen molar-refractivity contribution in [2.45, 2.75) is 45.8 Å². The van der Waals surface area contributed by atoms with Gasteiger partial charge < -0.3 is 19.9 Å². The Labute approximate surface area is 177 Å². The van der Waals surface area contributed by atoms with Crippen molar-refractivity contribution in [1.29, 1.82) is 0 Å². The Bertz CT molecular complexity index is 930. The lowest BCUT2D eigenvalue weighted by molar-refractivity contribution is 0.0496. The Hall–Kier alpha value is -3.02. The lowest BCUT2D eigenvalue weighted by Crippen LogP contribution is -2.49. The normalized spacial score (nSPS) is 19.0. The maximum Gasteiger partial charge on any atom is 0.409 e. The summed E-state index contributed by atoms with van der Waals surface area (Å²) in [6.07, 6.45) is 0.997. The van der Waals surface area contributed by atoms with Crippen LogP contribution < -0.4 is 5.32 Å². The first-order valence-corrected chi connectivity index (χ1v) is 10.7. The van der Waals surface area contributed by atoms with Gasteiger partial charge >= 0.3 is 6.09 Å². The van der Waals surface area contributed by atoms with Crippen molar-refractivity contribution < 1.29 is 14.3 Å². The fraction of sp³-hybridized carbons (Fsp3) is 0.417. The van der Waals surface area contributed by atoms with Gasteiger partial charge in [0.2, 0.25) is 0 Å². The Morgan fingerprint density at radius 3 is 2.40 bits per heavy atom. The number of rotatable bonds is 4. The Morgan fingerprint density at radius 1 is 1.07 bits per heavy atom. The molecule has 2 aromatic rings. The predicted molar refractivity (Wildman–Crippen MR) is 117 cm³/mol. The first kappa shape index (κ1) is 20.3. The van der Waals surface area contributed by atoms with Crippen LogP contribution in [0.5, 0.6) is 0 Å². The first-order valence-electron chi connectivity index (χ1n) is 10.7. The van der Waals surface area contributed by atoms with E-state index in [-0.39, 0.29) is 24.2 Å². The highest BCUT2D eigenvalue weighted by Gasteiger charge is 2.42. The molecule has 0 aromatic heterocycles. The summed E-state index contributed by atoms with van der Waals surface area (Å²) in [4.78, 5) is 29.1. The van der Waals surface area contributed by atoms with Crippen molar-refractivity contribution >= 4 is 17.7 Å². The van der Waals surface area contributed by atoms with Gasteiger partial charge in [-0.1, -0.05) is 36.4 Å². The van der Waals surface area contributed by atoms with E-state index in [4.69, 9.17) is 4.74 Å². The molecule has 2 amide bonds. The lowest BCUT2D eigenvalue weighted by atomic mass is 10.0. The fourth-order valence-electron chi connectivity index (χ4n) is 4.58. The average Bonchev–Trinajstić information content (AvgIpc) is 3.03. The number of amides is 2. The lowest BCUT2D eigenvalue weighted by Gasteiger charge is -2.39. The molecule has 158 valence electrons. The molecule has 2 aromatic carbocycles. The zero-order chi connectivity index (χ0) is 21.3. The SMILES string of the molecule is CCOC(=O)N1CCC(N2C(=O)c3ccccc3[C@@H]2Nc2c(C)cccc2C)CC1. The predicted octanol–water partition coefficient (Wildman–Crippen LogP) is 4.49. The molecule has 0 saturated carbocycles. The van der Waals surface area contributed by atoms with Gasteiger partial charge in [-0.15, -0.1) is 0 Å². The topological polar surface area (TPSA) is 61.9 Å². The van der Waals surface area contributed by atoms with Crippen molar-refractivity contribution in [2.24, 2.45) is 0 Å². The molecule has 1 N–H and O–H groups in total. The number of nitrogens with zero attached hydrogens (tertiary/aromatic N) is 2. The summed E-state index contributed by atoms with van der Waals surface area (Å²) in [5.74, 6) is 0.0592. The second kappa shape index (κ2) is 8.38. The summed E-state index contributed by atoms with van der Waals surface area (Å²) >= 11 is 0. The van der Waals surface area contributed by atoms with E-state index in [0.717, 1.165) is 40.8 Å². The number of aryl methyl sites for hydroxylation is 2. The number of ether oxygens (including phenoxy) is 1. The monoisotopic (exact) mass is 407 g/mol. The van der Waals surface area contributed by atoms with Crippen LogP contribution in [0.4, 0.5) is 10.5 Å². The van der Waals surface area contributed by atoms with Crippen LogP contribution in [0.3, 0.4) is 0 Å². The van der Waals surface area contributed by atoms with Gasteiger partial charge in [0.25, 0.3) is 5.91 Å². The molecule has 1 saturated heterocycles. The van der Waals surface area contributed by atoms with Gasteiger partial charge in [-0.05, 0) is 50.8 Å². The van der Waals surface area contributed by atoms with E-state index in [1.54, 1.807) is 4.90 Å². The summed E-state index contributed by atoms with van der Waals surface area (Å²) in [6.45, 7) is 7.55. The van der Waals surface area contributed by atoms with E-state index in [1.807, 2.05) is 42.2 Å². The van der Waals surface area contributed by atoms with E-state index in [2.05, 4.69) is 31.3 Å². The quantitative estimate of drug-likeness (QED) is 0.811. The zero-order valence-corrected chi connectivity index (χ0v) is 17.9. The fourth-order valence-corrected chi connectivity index (χ4v) is 4.58. The van der Waals surface area contributed by atoms with E-state index >= 15 is 0 Å². The van der Waals surface area contributed by atoms with Crippen molar-refractivity contribution in [1.82, 2.24) is 9.80 Å². The number of nitrogens with one attached hydrogen (secondary N) is 1. The number of hydrogen-bond donors (Lipinski definition) is 1. The highest BCUT2D eigenvalue weighted by Crippen LogP contribution is 2.39. The summed E-state index contributed by atoms with van der Waals surface area (Å²) in [5, 5.41) is 3.67. The number of benzene rings is 2. The molecular weight excluding hydrogens is 378 g/mol. The zero-order valence-electron chi connectivity index (χ0n) is 17.9. The number of piperidine rings is 1. The van der Waals surface area contributed by atoms with Gasteiger partial charge in [-0.3, -0.25) is 4.79 Å². The van der Waals surface area contributed by atoms with Crippen molar-refractivity contribution in [3.63, 3.8) is 0 Å². The van der Waals surface area contributed by atoms with Gasteiger partial charge in [-0.2, -0.15) is 0 Å². The maximum atomic E-state index is 13.4. The van der Waals surface area contributed by atoms with E-state index < -0.39 is 0 Å². The largest absolute Gasteiger partial charge is 0.450 e. The van der Waals surface area contributed by atoms with Crippen LogP contribution in [0.2, 0.25) is 0 Å². The third kappa shape index (κ3) is 3.62. The molecule has 0 spiro atoms. The Kier molecular flexibility index (Phi) is 5.66. The molecule has 1 fully saturated rings. The summed E-state index contributed by atoms with van der Waals surface area (Å²) in [5.41, 5.74) is 5.15. The third-order valence-corrected chi connectivity index (χ3v) is 6.14. The molecule has 30 heavy (non-hydrogen) atoms. The van der Waals surface area contributed by atoms with Crippen LogP contribution in [0.15, 0.2) is 42.5 Å². The van der Waals surface area contributed by atoms with Gasteiger partial charge in [0.05, 0.1) is 6.61 Å². The minimum atomic E-state index is -0.266. The molecule has 6 nitrogen and oxygen atoms in total. The minimum Gasteiger partial charge on any atom is -0.450 e. The van der Waals surface area contributed by atoms with Crippen molar-refractivity contribution in [3.05, 3.63) is 64.7 Å². The molecule has 2 aliphatic rings. The molecule has 0 radical (unpaired) electrons. The van der Waals surface area contributed by atoms with Crippen molar-refractivity contribution in [3.8, 4) is 0 Å². The van der Waals surface area contributed by atoms with Gasteiger partial charge in [-0.25, -0.2) is 4.79 Å². The average molecular weight is 408 g/mol. The Morgan fingerprint density at radius 2 is 1.73 bits per heavy atom. The molecule has 0 unspecified atom stereocenters. The number of hydrogen-bond acceptors (Lipinski definition) is 4. The second-order valence-corrected chi connectivity index (χ2v) is 8.03. The maximum absolute atomic E-state index is 13.4. The third-order valence-electron chi connectivity index (χ3n) is 6.14. The van der Waals surface area contributed by atoms with Gasteiger partial charge in [0.15, 0.2) is 0 Å².